The third-order valence-corrected chi connectivity index (χ3v) is 5.75. The van der Waals surface area contributed by atoms with E-state index in [1.165, 1.54) is 63.2 Å². The van der Waals surface area contributed by atoms with Crippen molar-refractivity contribution in [3.8, 4) is 0 Å². The molecular weight excluding hydrogens is 348 g/mol. The van der Waals surface area contributed by atoms with Crippen molar-refractivity contribution >= 4 is 5.97 Å². The maximum absolute atomic E-state index is 11.1. The van der Waals surface area contributed by atoms with Crippen LogP contribution in [0.2, 0.25) is 0 Å². The van der Waals surface area contributed by atoms with E-state index in [1.54, 1.807) is 6.07 Å². The molecule has 0 saturated heterocycles. The Hall–Kier alpha value is -1.51. The Balaban J connectivity index is 2.15. The SMILES string of the molecule is CC(=CCc1ccoc1C(=O)O)CCC[C@H](C)CCC[C@H](C)CCCC(C)C. The number of carboxylic acids is 1. The van der Waals surface area contributed by atoms with Crippen LogP contribution in [0.1, 0.15) is 109 Å². The largest absolute Gasteiger partial charge is 0.475 e. The summed E-state index contributed by atoms with van der Waals surface area (Å²) in [7, 11) is 0. The predicted octanol–water partition coefficient (Wildman–Crippen LogP) is 7.91. The van der Waals surface area contributed by atoms with E-state index >= 15 is 0 Å². The monoisotopic (exact) mass is 390 g/mol. The fourth-order valence-corrected chi connectivity index (χ4v) is 3.78. The quantitative estimate of drug-likeness (QED) is 0.310. The lowest BCUT2D eigenvalue weighted by Gasteiger charge is -2.15. The van der Waals surface area contributed by atoms with Gasteiger partial charge in [0.05, 0.1) is 6.26 Å². The zero-order chi connectivity index (χ0) is 20.9. The van der Waals surface area contributed by atoms with E-state index in [2.05, 4.69) is 40.7 Å². The molecule has 1 aromatic heterocycles. The van der Waals surface area contributed by atoms with E-state index in [0.29, 0.717) is 6.42 Å². The molecule has 0 saturated carbocycles. The summed E-state index contributed by atoms with van der Waals surface area (Å²) in [5, 5.41) is 9.08. The average Bonchev–Trinajstić information content (AvgIpc) is 3.08. The Labute approximate surface area is 172 Å². The van der Waals surface area contributed by atoms with Gasteiger partial charge in [0.25, 0.3) is 0 Å². The Bertz CT molecular complexity index is 582. The Morgan fingerprint density at radius 1 is 1.00 bits per heavy atom. The Kier molecular flexibility index (Phi) is 11.9. The molecular formula is C25H42O3. The molecule has 3 nitrogen and oxygen atoms in total. The van der Waals surface area contributed by atoms with Crippen LogP contribution >= 0.6 is 0 Å². The lowest BCUT2D eigenvalue weighted by molar-refractivity contribution is 0.0661. The molecule has 0 bridgehead atoms. The van der Waals surface area contributed by atoms with Crippen LogP contribution < -0.4 is 0 Å². The molecule has 0 aromatic carbocycles. The van der Waals surface area contributed by atoms with Crippen molar-refractivity contribution in [2.75, 3.05) is 0 Å². The highest BCUT2D eigenvalue weighted by Gasteiger charge is 2.12. The molecule has 0 spiro atoms. The number of carboxylic acid groups (broad SMARTS) is 1. The van der Waals surface area contributed by atoms with Gasteiger partial charge in [-0.15, -0.1) is 0 Å². The van der Waals surface area contributed by atoms with Crippen molar-refractivity contribution < 1.29 is 14.3 Å². The van der Waals surface area contributed by atoms with Crippen molar-refractivity contribution in [1.82, 2.24) is 0 Å². The van der Waals surface area contributed by atoms with Gasteiger partial charge in [-0.25, -0.2) is 4.79 Å². The summed E-state index contributed by atoms with van der Waals surface area (Å²) in [6.07, 6.45) is 16.0. The number of carbonyl (C=O) groups is 1. The highest BCUT2D eigenvalue weighted by atomic mass is 16.4. The topological polar surface area (TPSA) is 50.4 Å². The average molecular weight is 391 g/mol. The number of hydrogen-bond donors (Lipinski definition) is 1. The maximum atomic E-state index is 11.1. The molecule has 0 aliphatic carbocycles. The normalized spacial score (nSPS) is 14.4. The number of allylic oxidation sites excluding steroid dienone is 2. The molecule has 1 N–H and O–H groups in total. The Morgan fingerprint density at radius 3 is 2.14 bits per heavy atom. The molecule has 1 aromatic rings. The smallest absolute Gasteiger partial charge is 0.372 e. The van der Waals surface area contributed by atoms with Gasteiger partial charge in [-0.2, -0.15) is 0 Å². The van der Waals surface area contributed by atoms with Gasteiger partial charge in [0, 0.05) is 5.56 Å². The lowest BCUT2D eigenvalue weighted by atomic mass is 9.91. The van der Waals surface area contributed by atoms with E-state index in [9.17, 15) is 4.79 Å². The number of hydrogen-bond acceptors (Lipinski definition) is 2. The predicted molar refractivity (Wildman–Crippen MR) is 118 cm³/mol. The second kappa shape index (κ2) is 13.6. The van der Waals surface area contributed by atoms with Crippen LogP contribution in [0.25, 0.3) is 0 Å². The maximum Gasteiger partial charge on any atom is 0.372 e. The summed E-state index contributed by atoms with van der Waals surface area (Å²) in [4.78, 5) is 11.1. The van der Waals surface area contributed by atoms with E-state index in [-0.39, 0.29) is 5.76 Å². The second-order valence-corrected chi connectivity index (χ2v) is 9.19. The fourth-order valence-electron chi connectivity index (χ4n) is 3.78. The van der Waals surface area contributed by atoms with Crippen LogP contribution in [0, 0.1) is 17.8 Å². The molecule has 0 unspecified atom stereocenters. The number of rotatable bonds is 15. The first-order valence-corrected chi connectivity index (χ1v) is 11.2. The number of aromatic carboxylic acids is 1. The van der Waals surface area contributed by atoms with Crippen molar-refractivity contribution in [3.63, 3.8) is 0 Å². The summed E-state index contributed by atoms with van der Waals surface area (Å²) in [5.74, 6) is 1.58. The van der Waals surface area contributed by atoms with Crippen molar-refractivity contribution in [3.05, 3.63) is 35.3 Å². The van der Waals surface area contributed by atoms with Crippen LogP contribution in [0.5, 0.6) is 0 Å². The van der Waals surface area contributed by atoms with Crippen LogP contribution in [-0.4, -0.2) is 11.1 Å². The third kappa shape index (κ3) is 10.7. The number of furan rings is 1. The fraction of sp³-hybridized carbons (Fsp3) is 0.720. The van der Waals surface area contributed by atoms with Gasteiger partial charge < -0.3 is 9.52 Å². The molecule has 0 radical (unpaired) electrons. The van der Waals surface area contributed by atoms with Crippen LogP contribution in [0.3, 0.4) is 0 Å². The van der Waals surface area contributed by atoms with E-state index < -0.39 is 5.97 Å². The van der Waals surface area contributed by atoms with Crippen molar-refractivity contribution in [1.29, 1.82) is 0 Å². The minimum Gasteiger partial charge on any atom is -0.475 e. The summed E-state index contributed by atoms with van der Waals surface area (Å²) in [6, 6.07) is 1.75. The molecule has 1 rings (SSSR count). The molecule has 2 atom stereocenters. The molecule has 0 aliphatic heterocycles. The molecule has 0 fully saturated rings. The minimum absolute atomic E-state index is 0.0658. The van der Waals surface area contributed by atoms with Gasteiger partial charge in [-0.3, -0.25) is 0 Å². The molecule has 1 heterocycles. The van der Waals surface area contributed by atoms with Gasteiger partial charge in [0.2, 0.25) is 5.76 Å². The van der Waals surface area contributed by atoms with Gasteiger partial charge >= 0.3 is 5.97 Å². The first-order chi connectivity index (χ1) is 13.3. The Morgan fingerprint density at radius 2 is 1.57 bits per heavy atom. The molecule has 28 heavy (non-hydrogen) atoms. The zero-order valence-electron chi connectivity index (χ0n) is 18.8. The summed E-state index contributed by atoms with van der Waals surface area (Å²) in [5.41, 5.74) is 2.09. The van der Waals surface area contributed by atoms with E-state index in [1.807, 2.05) is 0 Å². The van der Waals surface area contributed by atoms with Crippen LogP contribution in [-0.2, 0) is 6.42 Å². The highest BCUT2D eigenvalue weighted by molar-refractivity contribution is 5.86. The molecule has 3 heteroatoms. The minimum atomic E-state index is -0.992. The van der Waals surface area contributed by atoms with E-state index in [4.69, 9.17) is 9.52 Å². The van der Waals surface area contributed by atoms with Crippen molar-refractivity contribution in [2.24, 2.45) is 17.8 Å². The first kappa shape index (κ1) is 24.5. The third-order valence-electron chi connectivity index (χ3n) is 5.75. The molecule has 160 valence electrons. The first-order valence-electron chi connectivity index (χ1n) is 11.2. The van der Waals surface area contributed by atoms with Gasteiger partial charge in [0.15, 0.2) is 0 Å². The van der Waals surface area contributed by atoms with E-state index in [0.717, 1.165) is 29.7 Å². The zero-order valence-corrected chi connectivity index (χ0v) is 18.8. The standard InChI is InChI=1S/C25H42O3/c1-19(2)9-6-10-20(3)11-7-12-21(4)13-8-14-22(5)15-16-23-17-18-28-24(23)25(26)27/h15,17-21H,6-14,16H2,1-5H3,(H,26,27)/t20-,21-/m1/s1. The van der Waals surface area contributed by atoms with Gasteiger partial charge in [-0.05, 0) is 50.0 Å². The van der Waals surface area contributed by atoms with Crippen LogP contribution in [0.15, 0.2) is 28.4 Å². The van der Waals surface area contributed by atoms with Crippen LogP contribution in [0.4, 0.5) is 0 Å². The lowest BCUT2D eigenvalue weighted by Crippen LogP contribution is -2.00. The summed E-state index contributed by atoms with van der Waals surface area (Å²) >= 11 is 0. The summed E-state index contributed by atoms with van der Waals surface area (Å²) in [6.45, 7) is 11.6. The molecule has 0 amide bonds. The molecule has 0 aliphatic rings. The van der Waals surface area contributed by atoms with Gasteiger partial charge in [-0.1, -0.05) is 84.3 Å². The summed E-state index contributed by atoms with van der Waals surface area (Å²) < 4.78 is 5.03. The second-order valence-electron chi connectivity index (χ2n) is 9.19. The van der Waals surface area contributed by atoms with Gasteiger partial charge in [0.1, 0.15) is 0 Å². The van der Waals surface area contributed by atoms with Crippen molar-refractivity contribution in [2.45, 2.75) is 98.8 Å². The highest BCUT2D eigenvalue weighted by Crippen LogP contribution is 2.22.